The lowest BCUT2D eigenvalue weighted by atomic mass is 9.78. The number of aryl methyl sites for hydroxylation is 1. The van der Waals surface area contributed by atoms with Crippen LogP contribution in [0.15, 0.2) is 102 Å². The second-order valence-corrected chi connectivity index (χ2v) is 12.3. The van der Waals surface area contributed by atoms with E-state index < -0.39 is 42.0 Å². The minimum absolute atomic E-state index is 0.0631. The molecule has 0 spiro atoms. The van der Waals surface area contributed by atoms with Crippen molar-refractivity contribution in [1.29, 1.82) is 0 Å². The van der Waals surface area contributed by atoms with E-state index in [1.165, 1.54) is 51.7 Å². The first-order valence-corrected chi connectivity index (χ1v) is 15.2. The molecule has 0 aliphatic heterocycles. The van der Waals surface area contributed by atoms with Crippen molar-refractivity contribution in [3.8, 4) is 0 Å². The van der Waals surface area contributed by atoms with Gasteiger partial charge in [0.1, 0.15) is 0 Å². The van der Waals surface area contributed by atoms with Crippen molar-refractivity contribution in [2.45, 2.75) is 17.0 Å². The Balaban J connectivity index is 2.16. The van der Waals surface area contributed by atoms with Gasteiger partial charge in [0.25, 0.3) is 10.1 Å². The van der Waals surface area contributed by atoms with Crippen LogP contribution in [0.3, 0.4) is 0 Å². The monoisotopic (exact) mass is 620 g/mol. The van der Waals surface area contributed by atoms with Crippen molar-refractivity contribution in [3.63, 3.8) is 0 Å². The third kappa shape index (κ3) is 6.22. The van der Waals surface area contributed by atoms with Gasteiger partial charge in [0.05, 0.1) is 56.9 Å². The van der Waals surface area contributed by atoms with Crippen molar-refractivity contribution in [2.24, 2.45) is 0 Å². The lowest BCUT2D eigenvalue weighted by Crippen LogP contribution is -2.32. The minimum atomic E-state index is -4.39. The summed E-state index contributed by atoms with van der Waals surface area (Å²) in [6, 6.07) is 25.2. The highest BCUT2D eigenvalue weighted by atomic mass is 32.2. The molecule has 0 bridgehead atoms. The molecule has 1 atom stereocenters. The molecule has 0 amide bonds. The van der Waals surface area contributed by atoms with Gasteiger partial charge in [-0.25, -0.2) is 18.4 Å². The molecule has 4 rings (SSSR count). The zero-order chi connectivity index (χ0) is 31.2. The zero-order valence-corrected chi connectivity index (χ0v) is 25.6. The van der Waals surface area contributed by atoms with Crippen molar-refractivity contribution in [2.75, 3.05) is 21.3 Å². The number of ether oxygens (including phenoxy) is 3. The number of carbonyl (C=O) groups is 3. The predicted octanol–water partition coefficient (Wildman–Crippen LogP) is 5.65. The molecule has 222 valence electrons. The molecule has 0 heterocycles. The number of esters is 3. The van der Waals surface area contributed by atoms with Gasteiger partial charge in [0.15, 0.2) is 0 Å². The summed E-state index contributed by atoms with van der Waals surface area (Å²) in [5.74, 6) is -2.17. The van der Waals surface area contributed by atoms with Crippen LogP contribution in [0, 0.1) is 6.92 Å². The van der Waals surface area contributed by atoms with E-state index in [1.54, 1.807) is 66.7 Å². The van der Waals surface area contributed by atoms with Gasteiger partial charge < -0.3 is 14.2 Å². The maximum Gasteiger partial charge on any atom is 0.338 e. The number of benzene rings is 4. The summed E-state index contributed by atoms with van der Waals surface area (Å²) in [5.41, 5.74) is 1.72. The Morgan fingerprint density at radius 1 is 0.581 bits per heavy atom. The van der Waals surface area contributed by atoms with E-state index in [4.69, 9.17) is 18.2 Å². The van der Waals surface area contributed by atoms with Crippen LogP contribution in [0.25, 0.3) is 0 Å². The third-order valence-electron chi connectivity index (χ3n) is 6.82. The molecule has 11 heteroatoms. The molecular formula is C32H29O9PS. The molecule has 0 aliphatic carbocycles. The van der Waals surface area contributed by atoms with Gasteiger partial charge in [-0.05, 0) is 53.9 Å². The van der Waals surface area contributed by atoms with E-state index in [0.717, 1.165) is 5.56 Å². The molecule has 9 nitrogen and oxygen atoms in total. The van der Waals surface area contributed by atoms with Gasteiger partial charge in [-0.1, -0.05) is 72.3 Å². The highest BCUT2D eigenvalue weighted by Gasteiger charge is 2.46. The highest BCUT2D eigenvalue weighted by molar-refractivity contribution is 7.89. The first-order valence-electron chi connectivity index (χ1n) is 12.9. The maximum atomic E-state index is 13.6. The van der Waals surface area contributed by atoms with Gasteiger partial charge >= 0.3 is 17.9 Å². The van der Waals surface area contributed by atoms with Gasteiger partial charge in [-0.15, -0.1) is 0 Å². The molecule has 0 N–H and O–H groups in total. The van der Waals surface area contributed by atoms with E-state index in [0.29, 0.717) is 0 Å². The van der Waals surface area contributed by atoms with E-state index >= 15 is 0 Å². The summed E-state index contributed by atoms with van der Waals surface area (Å²) < 4.78 is 48.3. The number of rotatable bonds is 10. The zero-order valence-electron chi connectivity index (χ0n) is 23.8. The summed E-state index contributed by atoms with van der Waals surface area (Å²) in [6.07, 6.45) is 0. The number of hydrogen-bond acceptors (Lipinski definition) is 9. The quantitative estimate of drug-likeness (QED) is 0.0959. The topological polar surface area (TPSA) is 122 Å². The van der Waals surface area contributed by atoms with Crippen LogP contribution < -0.4 is 0 Å². The number of carbonyl (C=O) groups excluding carboxylic acids is 3. The highest BCUT2D eigenvalue weighted by Crippen LogP contribution is 2.56. The smallest absolute Gasteiger partial charge is 0.338 e. The fourth-order valence-corrected chi connectivity index (χ4v) is 7.54. The lowest BCUT2D eigenvalue weighted by molar-refractivity contribution is 0.0592. The standard InChI is InChI=1S/C32H29O9PS/c1-21-17-19-22(20-18-21)43(36,37)41-42-32(26-14-8-5-11-23(26)29(33)38-2,27-15-9-6-12-24(27)30(34)39-3)28-16-10-7-13-25(28)31(35)40-4/h5-20,42H,1-4H3. The molecule has 0 radical (unpaired) electrons. The first-order chi connectivity index (χ1) is 20.6. The van der Waals surface area contributed by atoms with Crippen molar-refractivity contribution < 1.29 is 41.0 Å². The first kappa shape index (κ1) is 31.6. The van der Waals surface area contributed by atoms with Crippen molar-refractivity contribution >= 4 is 36.8 Å². The van der Waals surface area contributed by atoms with Crippen LogP contribution in [-0.4, -0.2) is 47.7 Å². The van der Waals surface area contributed by atoms with Gasteiger partial charge in [0, 0.05) is 0 Å². The molecule has 0 aliphatic rings. The van der Waals surface area contributed by atoms with Crippen LogP contribution in [0.1, 0.15) is 53.3 Å². The lowest BCUT2D eigenvalue weighted by Gasteiger charge is -2.37. The summed E-state index contributed by atoms with van der Waals surface area (Å²) in [7, 11) is -1.78. The van der Waals surface area contributed by atoms with Gasteiger partial charge in [-0.3, -0.25) is 0 Å². The molecule has 0 fully saturated rings. The van der Waals surface area contributed by atoms with Crippen LogP contribution in [0.5, 0.6) is 0 Å². The van der Waals surface area contributed by atoms with Crippen LogP contribution in [-0.2, 0) is 33.5 Å². The van der Waals surface area contributed by atoms with E-state index in [1.807, 2.05) is 6.92 Å². The molecule has 0 saturated heterocycles. The van der Waals surface area contributed by atoms with Crippen LogP contribution >= 0.6 is 8.81 Å². The van der Waals surface area contributed by atoms with Gasteiger partial charge in [-0.2, -0.15) is 8.42 Å². The molecule has 4 aromatic rings. The molecular weight excluding hydrogens is 591 g/mol. The fourth-order valence-electron chi connectivity index (χ4n) is 4.76. The van der Waals surface area contributed by atoms with E-state index in [9.17, 15) is 22.8 Å². The average molecular weight is 621 g/mol. The van der Waals surface area contributed by atoms with E-state index in [-0.39, 0.29) is 38.3 Å². The van der Waals surface area contributed by atoms with Crippen molar-refractivity contribution in [1.82, 2.24) is 0 Å². The Bertz CT molecular complexity index is 1620. The Morgan fingerprint density at radius 3 is 1.28 bits per heavy atom. The second-order valence-electron chi connectivity index (χ2n) is 9.31. The molecule has 1 unspecified atom stereocenters. The minimum Gasteiger partial charge on any atom is -0.465 e. The normalized spacial score (nSPS) is 11.7. The van der Waals surface area contributed by atoms with E-state index in [2.05, 4.69) is 0 Å². The summed E-state index contributed by atoms with van der Waals surface area (Å²) in [5, 5.41) is -1.75. The summed E-state index contributed by atoms with van der Waals surface area (Å²) in [4.78, 5) is 39.5. The Labute approximate surface area is 251 Å². The Kier molecular flexibility index (Phi) is 9.76. The summed E-state index contributed by atoms with van der Waals surface area (Å²) in [6.45, 7) is 1.82. The predicted molar refractivity (Wildman–Crippen MR) is 161 cm³/mol. The average Bonchev–Trinajstić information content (AvgIpc) is 3.04. The fraction of sp³-hybridized carbons (Fsp3) is 0.156. The molecule has 0 aromatic heterocycles. The van der Waals surface area contributed by atoms with Crippen molar-refractivity contribution in [3.05, 3.63) is 136 Å². The van der Waals surface area contributed by atoms with Crippen LogP contribution in [0.2, 0.25) is 0 Å². The number of hydrogen-bond donors (Lipinski definition) is 0. The largest absolute Gasteiger partial charge is 0.465 e. The van der Waals surface area contributed by atoms with Gasteiger partial charge in [0.2, 0.25) is 0 Å². The second kappa shape index (κ2) is 13.3. The summed E-state index contributed by atoms with van der Waals surface area (Å²) >= 11 is 0. The maximum absolute atomic E-state index is 13.6. The molecule has 0 saturated carbocycles. The molecule has 43 heavy (non-hydrogen) atoms. The van der Waals surface area contributed by atoms with Crippen LogP contribution in [0.4, 0.5) is 0 Å². The third-order valence-corrected chi connectivity index (χ3v) is 10.00. The number of methoxy groups -OCH3 is 3. The Morgan fingerprint density at radius 2 is 0.930 bits per heavy atom. The SMILES string of the molecule is COC(=O)c1ccccc1C(POS(=O)(=O)c1ccc(C)cc1)(c1ccccc1C(=O)OC)c1ccccc1C(=O)OC. The molecule has 4 aromatic carbocycles. The Hall–Kier alpha value is -4.37.